The minimum absolute atomic E-state index is 0.00456. The molecular formula is C25H30N4O2. The lowest BCUT2D eigenvalue weighted by molar-refractivity contribution is 0.102. The lowest BCUT2D eigenvalue weighted by Crippen LogP contribution is -2.30. The number of benzene rings is 2. The minimum atomic E-state index is -0.206. The number of nitrogens with zero attached hydrogens (tertiary/aromatic N) is 3. The summed E-state index contributed by atoms with van der Waals surface area (Å²) < 4.78 is 1.80. The lowest BCUT2D eigenvalue weighted by Gasteiger charge is -2.27. The Balaban J connectivity index is 1.57. The molecule has 162 valence electrons. The van der Waals surface area contributed by atoms with Crippen molar-refractivity contribution >= 4 is 28.2 Å². The van der Waals surface area contributed by atoms with Crippen molar-refractivity contribution in [3.05, 3.63) is 64.2 Å². The van der Waals surface area contributed by atoms with E-state index in [1.54, 1.807) is 22.8 Å². The molecule has 31 heavy (non-hydrogen) atoms. The zero-order valence-electron chi connectivity index (χ0n) is 18.5. The number of hydrogen-bond donors (Lipinski definition) is 1. The molecule has 2 aromatic carbocycles. The normalized spacial score (nSPS) is 13.7. The molecule has 2 heterocycles. The van der Waals surface area contributed by atoms with Crippen molar-refractivity contribution < 1.29 is 4.79 Å². The molecule has 0 saturated heterocycles. The van der Waals surface area contributed by atoms with Crippen LogP contribution in [-0.2, 0) is 13.0 Å². The van der Waals surface area contributed by atoms with Crippen molar-refractivity contribution in [2.75, 3.05) is 16.8 Å². The third kappa shape index (κ3) is 4.33. The predicted octanol–water partition coefficient (Wildman–Crippen LogP) is 4.61. The van der Waals surface area contributed by atoms with Crippen LogP contribution >= 0.6 is 0 Å². The van der Waals surface area contributed by atoms with Crippen LogP contribution < -0.4 is 15.8 Å². The smallest absolute Gasteiger partial charge is 0.261 e. The van der Waals surface area contributed by atoms with Crippen molar-refractivity contribution in [1.82, 2.24) is 9.55 Å². The van der Waals surface area contributed by atoms with Gasteiger partial charge in [-0.15, -0.1) is 0 Å². The van der Waals surface area contributed by atoms with E-state index in [0.29, 0.717) is 22.5 Å². The highest BCUT2D eigenvalue weighted by Crippen LogP contribution is 2.21. The van der Waals surface area contributed by atoms with Crippen LogP contribution in [0.15, 0.2) is 47.3 Å². The van der Waals surface area contributed by atoms with E-state index >= 15 is 0 Å². The summed E-state index contributed by atoms with van der Waals surface area (Å²) >= 11 is 0. The molecule has 1 aliphatic heterocycles. The first-order valence-electron chi connectivity index (χ1n) is 11.2. The summed E-state index contributed by atoms with van der Waals surface area (Å²) in [5.41, 5.74) is 2.96. The fourth-order valence-electron chi connectivity index (χ4n) is 4.34. The van der Waals surface area contributed by atoms with Crippen LogP contribution in [0.3, 0.4) is 0 Å². The van der Waals surface area contributed by atoms with Crippen LogP contribution in [0.5, 0.6) is 0 Å². The average molecular weight is 419 g/mol. The topological polar surface area (TPSA) is 67.2 Å². The molecule has 0 bridgehead atoms. The van der Waals surface area contributed by atoms with E-state index in [1.165, 1.54) is 0 Å². The Kier molecular flexibility index (Phi) is 6.07. The van der Waals surface area contributed by atoms with Crippen LogP contribution in [0.2, 0.25) is 0 Å². The third-order valence-electron chi connectivity index (χ3n) is 6.00. The molecule has 6 nitrogen and oxygen atoms in total. The van der Waals surface area contributed by atoms with E-state index in [4.69, 9.17) is 4.98 Å². The number of aromatic nitrogens is 2. The molecule has 1 aromatic heterocycles. The second kappa shape index (κ2) is 8.92. The van der Waals surface area contributed by atoms with Crippen molar-refractivity contribution in [3.8, 4) is 0 Å². The van der Waals surface area contributed by atoms with Gasteiger partial charge in [0.2, 0.25) is 0 Å². The third-order valence-corrected chi connectivity index (χ3v) is 6.00. The van der Waals surface area contributed by atoms with Gasteiger partial charge < -0.3 is 10.2 Å². The molecule has 6 heteroatoms. The van der Waals surface area contributed by atoms with Crippen LogP contribution in [0, 0.1) is 0 Å². The zero-order valence-corrected chi connectivity index (χ0v) is 18.5. The lowest BCUT2D eigenvalue weighted by atomic mass is 10.1. The largest absolute Gasteiger partial charge is 0.369 e. The summed E-state index contributed by atoms with van der Waals surface area (Å²) in [4.78, 5) is 32.7. The second-order valence-electron chi connectivity index (χ2n) is 8.41. The number of carbonyl (C=O) groups excluding carboxylic acids is 1. The predicted molar refractivity (Wildman–Crippen MR) is 126 cm³/mol. The summed E-state index contributed by atoms with van der Waals surface area (Å²) in [6, 6.07) is 13.5. The van der Waals surface area contributed by atoms with Crippen LogP contribution in [0.1, 0.15) is 56.2 Å². The summed E-state index contributed by atoms with van der Waals surface area (Å²) in [6.45, 7) is 8.11. The van der Waals surface area contributed by atoms with E-state index in [1.807, 2.05) is 24.3 Å². The van der Waals surface area contributed by atoms with Gasteiger partial charge in [-0.2, -0.15) is 0 Å². The van der Waals surface area contributed by atoms with Crippen molar-refractivity contribution in [1.29, 1.82) is 0 Å². The number of anilines is 2. The zero-order chi connectivity index (χ0) is 22.0. The molecule has 1 N–H and O–H groups in total. The van der Waals surface area contributed by atoms with Crippen molar-refractivity contribution in [2.45, 2.75) is 59.0 Å². The van der Waals surface area contributed by atoms with Gasteiger partial charge in [0.15, 0.2) is 0 Å². The van der Waals surface area contributed by atoms with Crippen LogP contribution in [-0.4, -0.2) is 28.0 Å². The Morgan fingerprint density at radius 2 is 1.90 bits per heavy atom. The first-order chi connectivity index (χ1) is 15.0. The Hall–Kier alpha value is -3.15. The number of aryl methyl sites for hydroxylation is 1. The standard InChI is InChI=1S/C25H30N4O2/c1-4-28(17(2)3)20-12-10-19(11-13-20)26-24(30)18-9-14-21-22(16-18)27-23-8-6-5-7-15-29(23)25(21)31/h9-14,16-17H,4-8,15H2,1-3H3,(H,26,30). The number of nitrogens with one attached hydrogen (secondary N) is 1. The van der Waals surface area contributed by atoms with Crippen molar-refractivity contribution in [3.63, 3.8) is 0 Å². The van der Waals surface area contributed by atoms with E-state index in [-0.39, 0.29) is 11.5 Å². The molecule has 1 amide bonds. The van der Waals surface area contributed by atoms with Gasteiger partial charge in [0, 0.05) is 42.5 Å². The van der Waals surface area contributed by atoms with Crippen molar-refractivity contribution in [2.24, 2.45) is 0 Å². The summed E-state index contributed by atoms with van der Waals surface area (Å²) in [5, 5.41) is 3.52. The molecule has 3 aromatic rings. The van der Waals surface area contributed by atoms with Crippen LogP contribution in [0.25, 0.3) is 10.9 Å². The Bertz CT molecular complexity index is 1150. The molecule has 0 atom stereocenters. The van der Waals surface area contributed by atoms with Gasteiger partial charge in [-0.25, -0.2) is 4.98 Å². The SMILES string of the molecule is CCN(c1ccc(NC(=O)c2ccc3c(=O)n4c(nc3c2)CCCCC4)cc1)C(C)C. The second-order valence-corrected chi connectivity index (χ2v) is 8.41. The highest BCUT2D eigenvalue weighted by Gasteiger charge is 2.16. The molecule has 1 aliphatic rings. The minimum Gasteiger partial charge on any atom is -0.369 e. The van der Waals surface area contributed by atoms with E-state index in [9.17, 15) is 9.59 Å². The Morgan fingerprint density at radius 1 is 1.13 bits per heavy atom. The molecule has 4 rings (SSSR count). The first-order valence-corrected chi connectivity index (χ1v) is 11.2. The van der Waals surface area contributed by atoms with Gasteiger partial charge in [0.05, 0.1) is 10.9 Å². The van der Waals surface area contributed by atoms with Gasteiger partial charge in [0.25, 0.3) is 11.5 Å². The van der Waals surface area contributed by atoms with Gasteiger partial charge in [-0.3, -0.25) is 14.2 Å². The van der Waals surface area contributed by atoms with Gasteiger partial charge in [-0.1, -0.05) is 6.42 Å². The molecule has 0 unspecified atom stereocenters. The molecule has 0 saturated carbocycles. The van der Waals surface area contributed by atoms with Gasteiger partial charge in [-0.05, 0) is 76.1 Å². The first kappa shape index (κ1) is 21.1. The average Bonchev–Trinajstić information content (AvgIpc) is 3.00. The monoisotopic (exact) mass is 418 g/mol. The van der Waals surface area contributed by atoms with E-state index in [2.05, 4.69) is 31.0 Å². The van der Waals surface area contributed by atoms with Crippen LogP contribution in [0.4, 0.5) is 11.4 Å². The maximum atomic E-state index is 12.9. The number of amides is 1. The molecule has 0 aliphatic carbocycles. The number of rotatable bonds is 5. The maximum absolute atomic E-state index is 12.9. The fourth-order valence-corrected chi connectivity index (χ4v) is 4.34. The quantitative estimate of drug-likeness (QED) is 0.657. The Labute approximate surface area is 182 Å². The molecule has 0 spiro atoms. The summed E-state index contributed by atoms with van der Waals surface area (Å²) in [6.07, 6.45) is 3.96. The highest BCUT2D eigenvalue weighted by molar-refractivity contribution is 6.06. The van der Waals surface area contributed by atoms with Gasteiger partial charge >= 0.3 is 0 Å². The molecule has 0 fully saturated rings. The van der Waals surface area contributed by atoms with E-state index in [0.717, 1.165) is 56.0 Å². The number of hydrogen-bond acceptors (Lipinski definition) is 4. The van der Waals surface area contributed by atoms with E-state index < -0.39 is 0 Å². The number of fused-ring (bicyclic) bond motifs is 2. The summed E-state index contributed by atoms with van der Waals surface area (Å²) in [5.74, 6) is 0.622. The fraction of sp³-hybridized carbons (Fsp3) is 0.400. The Morgan fingerprint density at radius 3 is 2.61 bits per heavy atom. The maximum Gasteiger partial charge on any atom is 0.261 e. The molecule has 0 radical (unpaired) electrons. The summed E-state index contributed by atoms with van der Waals surface area (Å²) in [7, 11) is 0. The van der Waals surface area contributed by atoms with Gasteiger partial charge in [0.1, 0.15) is 5.82 Å². The highest BCUT2D eigenvalue weighted by atomic mass is 16.1. The molecular weight excluding hydrogens is 388 g/mol. The number of carbonyl (C=O) groups is 1.